The van der Waals surface area contributed by atoms with E-state index in [1.807, 2.05) is 27.7 Å². The van der Waals surface area contributed by atoms with Gasteiger partial charge in [-0.2, -0.15) is 0 Å². The summed E-state index contributed by atoms with van der Waals surface area (Å²) in [7, 11) is 0. The smallest absolute Gasteiger partial charge is 0.338 e. The second kappa shape index (κ2) is 8.28. The van der Waals surface area contributed by atoms with Crippen LogP contribution in [0.25, 0.3) is 0 Å². The molecule has 0 aromatic heterocycles. The van der Waals surface area contributed by atoms with Crippen LogP contribution < -0.4 is 0 Å². The van der Waals surface area contributed by atoms with Gasteiger partial charge in [0.15, 0.2) is 0 Å². The molecule has 3 N–H and O–H groups in total. The van der Waals surface area contributed by atoms with Crippen molar-refractivity contribution in [1.29, 1.82) is 0 Å². The van der Waals surface area contributed by atoms with Gasteiger partial charge in [0.05, 0.1) is 11.7 Å². The number of fused-ring (bicyclic) bond motifs is 1. The molecule has 0 heterocycles. The van der Waals surface area contributed by atoms with E-state index in [2.05, 4.69) is 0 Å². The second-order valence-electron chi connectivity index (χ2n) is 9.48. The van der Waals surface area contributed by atoms with Crippen LogP contribution in [0, 0.1) is 17.3 Å². The van der Waals surface area contributed by atoms with Gasteiger partial charge in [0.25, 0.3) is 0 Å². The molecule has 0 bridgehead atoms. The molecule has 7 heteroatoms. The lowest BCUT2D eigenvalue weighted by molar-refractivity contribution is -0.178. The first-order valence-corrected chi connectivity index (χ1v) is 10.6. The van der Waals surface area contributed by atoms with Crippen LogP contribution in [0.15, 0.2) is 35.9 Å². The third-order valence-electron chi connectivity index (χ3n) is 6.98. The Balaban J connectivity index is 2.06. The summed E-state index contributed by atoms with van der Waals surface area (Å²) in [6.45, 7) is 8.66. The molecule has 0 unspecified atom stereocenters. The van der Waals surface area contributed by atoms with Crippen LogP contribution >= 0.6 is 0 Å². The van der Waals surface area contributed by atoms with E-state index in [-0.39, 0.29) is 23.7 Å². The minimum atomic E-state index is -1.51. The van der Waals surface area contributed by atoms with E-state index < -0.39 is 47.2 Å². The van der Waals surface area contributed by atoms with Crippen molar-refractivity contribution in [3.05, 3.63) is 41.5 Å². The molecule has 1 aromatic carbocycles. The summed E-state index contributed by atoms with van der Waals surface area (Å²) in [4.78, 5) is 24.7. The van der Waals surface area contributed by atoms with Gasteiger partial charge in [0.2, 0.25) is 0 Å². The topological polar surface area (TPSA) is 113 Å². The van der Waals surface area contributed by atoms with Gasteiger partial charge >= 0.3 is 11.9 Å². The largest absolute Gasteiger partial charge is 0.508 e. The van der Waals surface area contributed by atoms with Crippen molar-refractivity contribution in [2.75, 3.05) is 0 Å². The Hall–Kier alpha value is -2.38. The number of hydrogen-bond acceptors (Lipinski definition) is 7. The number of aliphatic hydroxyl groups excluding tert-OH is 1. The fourth-order valence-electron chi connectivity index (χ4n) is 5.34. The maximum atomic E-state index is 12.9. The quantitative estimate of drug-likeness (QED) is 0.495. The zero-order chi connectivity index (χ0) is 23.1. The predicted molar refractivity (Wildman–Crippen MR) is 113 cm³/mol. The number of rotatable bonds is 4. The number of aliphatic hydroxyl groups is 2. The van der Waals surface area contributed by atoms with E-state index in [9.17, 15) is 24.9 Å². The fraction of sp³-hybridized carbons (Fsp3) is 0.583. The Bertz CT molecular complexity index is 874. The van der Waals surface area contributed by atoms with Crippen molar-refractivity contribution < 1.29 is 34.4 Å². The third kappa shape index (κ3) is 4.08. The molecular weight excluding hydrogens is 400 g/mol. The number of phenols is 1. The first-order valence-electron chi connectivity index (χ1n) is 10.6. The zero-order valence-electron chi connectivity index (χ0n) is 18.7. The molecule has 2 aliphatic rings. The molecule has 7 nitrogen and oxygen atoms in total. The van der Waals surface area contributed by atoms with E-state index in [4.69, 9.17) is 9.47 Å². The van der Waals surface area contributed by atoms with Gasteiger partial charge in [-0.05, 0) is 56.0 Å². The third-order valence-corrected chi connectivity index (χ3v) is 6.98. The number of aromatic hydroxyl groups is 1. The average Bonchev–Trinajstić information content (AvgIpc) is 2.84. The maximum absolute atomic E-state index is 12.9. The first-order chi connectivity index (χ1) is 14.4. The summed E-state index contributed by atoms with van der Waals surface area (Å²) in [5.74, 6) is -2.11. The minimum absolute atomic E-state index is 0.0339. The highest BCUT2D eigenvalue weighted by molar-refractivity contribution is 5.89. The number of carbonyl (C=O) groups excluding carboxylic acids is 2. The number of carbonyl (C=O) groups is 2. The molecule has 0 aliphatic heterocycles. The van der Waals surface area contributed by atoms with Crippen LogP contribution in [-0.2, 0) is 14.3 Å². The summed E-state index contributed by atoms with van der Waals surface area (Å²) >= 11 is 0. The SMILES string of the molecule is CC(=O)O[C@@H]1C[C@]2(C)[C@@H](O)CC(C)=C[C@H](OC(=O)c3ccc(O)cc3)[C@@H]2[C@]1(O)C(C)C. The van der Waals surface area contributed by atoms with Crippen molar-refractivity contribution in [3.8, 4) is 5.75 Å². The van der Waals surface area contributed by atoms with Crippen LogP contribution in [-0.4, -0.2) is 51.2 Å². The molecule has 0 radical (unpaired) electrons. The van der Waals surface area contributed by atoms with Gasteiger partial charge in [-0.15, -0.1) is 0 Å². The molecule has 1 saturated carbocycles. The minimum Gasteiger partial charge on any atom is -0.508 e. The van der Waals surface area contributed by atoms with Crippen molar-refractivity contribution in [1.82, 2.24) is 0 Å². The Labute approximate surface area is 182 Å². The summed E-state index contributed by atoms with van der Waals surface area (Å²) in [5, 5.41) is 32.5. The predicted octanol–water partition coefficient (Wildman–Crippen LogP) is 2.97. The van der Waals surface area contributed by atoms with Crippen molar-refractivity contribution >= 4 is 11.9 Å². The van der Waals surface area contributed by atoms with E-state index in [0.29, 0.717) is 6.42 Å². The molecule has 170 valence electrons. The van der Waals surface area contributed by atoms with Gasteiger partial charge in [-0.1, -0.05) is 26.3 Å². The lowest BCUT2D eigenvalue weighted by atomic mass is 9.66. The molecule has 0 amide bonds. The lowest BCUT2D eigenvalue weighted by Gasteiger charge is -2.44. The Morgan fingerprint density at radius 2 is 1.77 bits per heavy atom. The number of phenolic OH excluding ortho intramolecular Hbond substituents is 1. The normalized spacial score (nSPS) is 35.2. The van der Waals surface area contributed by atoms with Crippen LogP contribution in [0.4, 0.5) is 0 Å². The Morgan fingerprint density at radius 1 is 1.16 bits per heavy atom. The lowest BCUT2D eigenvalue weighted by Crippen LogP contribution is -2.56. The Kier molecular flexibility index (Phi) is 6.22. The number of hydrogen-bond donors (Lipinski definition) is 3. The highest BCUT2D eigenvalue weighted by Crippen LogP contribution is 2.59. The summed E-state index contributed by atoms with van der Waals surface area (Å²) < 4.78 is 11.4. The van der Waals surface area contributed by atoms with E-state index in [1.54, 1.807) is 6.08 Å². The van der Waals surface area contributed by atoms with E-state index in [1.165, 1.54) is 31.2 Å². The number of esters is 2. The molecule has 0 saturated heterocycles. The van der Waals surface area contributed by atoms with Crippen LogP contribution in [0.2, 0.25) is 0 Å². The van der Waals surface area contributed by atoms with Gasteiger partial charge < -0.3 is 24.8 Å². The van der Waals surface area contributed by atoms with Crippen LogP contribution in [0.5, 0.6) is 5.75 Å². The molecule has 0 spiro atoms. The van der Waals surface area contributed by atoms with E-state index >= 15 is 0 Å². The molecule has 3 rings (SSSR count). The molecule has 1 fully saturated rings. The highest BCUT2D eigenvalue weighted by atomic mass is 16.6. The first kappa shape index (κ1) is 23.3. The second-order valence-corrected chi connectivity index (χ2v) is 9.48. The molecule has 1 aromatic rings. The van der Waals surface area contributed by atoms with Crippen LogP contribution in [0.3, 0.4) is 0 Å². The summed E-state index contributed by atoms with van der Waals surface area (Å²) in [6, 6.07) is 5.72. The van der Waals surface area contributed by atoms with Gasteiger partial charge in [0.1, 0.15) is 23.6 Å². The monoisotopic (exact) mass is 432 g/mol. The van der Waals surface area contributed by atoms with Gasteiger partial charge in [0, 0.05) is 18.3 Å². The van der Waals surface area contributed by atoms with Gasteiger partial charge in [-0.25, -0.2) is 4.79 Å². The molecule has 31 heavy (non-hydrogen) atoms. The molecule has 2 aliphatic carbocycles. The summed E-state index contributed by atoms with van der Waals surface area (Å²) in [5.41, 5.74) is -1.25. The number of benzene rings is 1. The fourth-order valence-corrected chi connectivity index (χ4v) is 5.34. The Morgan fingerprint density at radius 3 is 2.32 bits per heavy atom. The van der Waals surface area contributed by atoms with E-state index in [0.717, 1.165) is 5.57 Å². The van der Waals surface area contributed by atoms with Gasteiger partial charge in [-0.3, -0.25) is 4.79 Å². The molecular formula is C24H32O7. The molecule has 6 atom stereocenters. The van der Waals surface area contributed by atoms with Crippen molar-refractivity contribution in [3.63, 3.8) is 0 Å². The van der Waals surface area contributed by atoms with Crippen LogP contribution in [0.1, 0.15) is 57.8 Å². The number of ether oxygens (including phenoxy) is 2. The zero-order valence-corrected chi connectivity index (χ0v) is 18.7. The maximum Gasteiger partial charge on any atom is 0.338 e. The highest BCUT2D eigenvalue weighted by Gasteiger charge is 2.67. The van der Waals surface area contributed by atoms with Crippen molar-refractivity contribution in [2.45, 2.75) is 71.4 Å². The average molecular weight is 433 g/mol. The summed E-state index contributed by atoms with van der Waals surface area (Å²) in [6.07, 6.45) is -0.0893. The standard InChI is InChI=1S/C24H32O7/c1-13(2)24(29)20(30-15(4)25)12-23(5)19(27)11-14(3)10-18(21(23)24)31-22(28)16-6-8-17(26)9-7-16/h6-10,13,18-21,26-27,29H,11-12H2,1-5H3/t18-,19-,20+,21-,23+,24-/m0/s1. The van der Waals surface area contributed by atoms with Crippen molar-refractivity contribution in [2.24, 2.45) is 17.3 Å².